The lowest BCUT2D eigenvalue weighted by molar-refractivity contribution is -0.384. The second kappa shape index (κ2) is 5.95. The van der Waals surface area contributed by atoms with E-state index >= 15 is 0 Å². The number of nitrogens with zero attached hydrogens (tertiary/aromatic N) is 3. The Kier molecular flexibility index (Phi) is 4.07. The van der Waals surface area contributed by atoms with Gasteiger partial charge in [-0.15, -0.1) is 0 Å². The van der Waals surface area contributed by atoms with Gasteiger partial charge in [-0.05, 0) is 18.6 Å². The topological polar surface area (TPSA) is 118 Å². The molecule has 2 rings (SSSR count). The van der Waals surface area contributed by atoms with Gasteiger partial charge in [0.25, 0.3) is 5.69 Å². The van der Waals surface area contributed by atoms with Crippen molar-refractivity contribution >= 4 is 17.6 Å². The Bertz CT molecular complexity index is 702. The van der Waals surface area contributed by atoms with E-state index in [-0.39, 0.29) is 23.9 Å². The fourth-order valence-corrected chi connectivity index (χ4v) is 1.72. The maximum atomic E-state index is 10.9. The highest BCUT2D eigenvalue weighted by atomic mass is 16.6. The van der Waals surface area contributed by atoms with Crippen LogP contribution < -0.4 is 5.32 Å². The first-order valence-electron chi connectivity index (χ1n) is 6.02. The highest BCUT2D eigenvalue weighted by Crippen LogP contribution is 2.14. The first-order valence-corrected chi connectivity index (χ1v) is 6.02. The van der Waals surface area contributed by atoms with Crippen molar-refractivity contribution in [2.24, 2.45) is 0 Å². The Morgan fingerprint density at radius 1 is 1.38 bits per heavy atom. The Labute approximate surface area is 119 Å². The molecule has 1 heterocycles. The van der Waals surface area contributed by atoms with Gasteiger partial charge in [-0.3, -0.25) is 10.1 Å². The highest BCUT2D eigenvalue weighted by Gasteiger charge is 2.09. The average molecular weight is 288 g/mol. The van der Waals surface area contributed by atoms with Crippen molar-refractivity contribution in [1.82, 2.24) is 9.97 Å². The monoisotopic (exact) mass is 288 g/mol. The maximum absolute atomic E-state index is 10.9. The molecule has 0 saturated heterocycles. The van der Waals surface area contributed by atoms with Crippen LogP contribution in [-0.2, 0) is 6.54 Å². The van der Waals surface area contributed by atoms with E-state index in [0.29, 0.717) is 11.3 Å². The molecule has 0 aliphatic carbocycles. The van der Waals surface area contributed by atoms with E-state index in [1.54, 1.807) is 19.1 Å². The second-order valence-corrected chi connectivity index (χ2v) is 4.30. The van der Waals surface area contributed by atoms with Crippen LogP contribution in [0.2, 0.25) is 0 Å². The van der Waals surface area contributed by atoms with Crippen LogP contribution in [0.15, 0.2) is 30.3 Å². The minimum Gasteiger partial charge on any atom is -0.477 e. The molecule has 0 amide bonds. The van der Waals surface area contributed by atoms with Gasteiger partial charge in [-0.2, -0.15) is 0 Å². The van der Waals surface area contributed by atoms with E-state index in [1.165, 1.54) is 18.2 Å². The Balaban J connectivity index is 2.14. The van der Waals surface area contributed by atoms with E-state index < -0.39 is 10.9 Å². The zero-order valence-electron chi connectivity index (χ0n) is 11.1. The van der Waals surface area contributed by atoms with Gasteiger partial charge in [0.1, 0.15) is 0 Å². The Hall–Kier alpha value is -3.03. The third-order valence-electron chi connectivity index (χ3n) is 2.65. The minimum atomic E-state index is -1.14. The van der Waals surface area contributed by atoms with Crippen LogP contribution in [0, 0.1) is 17.0 Å². The molecule has 8 nitrogen and oxygen atoms in total. The third-order valence-corrected chi connectivity index (χ3v) is 2.65. The van der Waals surface area contributed by atoms with Crippen molar-refractivity contribution in [1.29, 1.82) is 0 Å². The summed E-state index contributed by atoms with van der Waals surface area (Å²) in [4.78, 5) is 29.0. The average Bonchev–Trinajstić information content (AvgIpc) is 2.45. The molecule has 0 unspecified atom stereocenters. The van der Waals surface area contributed by atoms with Crippen molar-refractivity contribution < 1.29 is 14.8 Å². The largest absolute Gasteiger partial charge is 0.477 e. The van der Waals surface area contributed by atoms with Crippen LogP contribution in [-0.4, -0.2) is 26.0 Å². The molecule has 0 aliphatic heterocycles. The lowest BCUT2D eigenvalue weighted by Crippen LogP contribution is -2.09. The summed E-state index contributed by atoms with van der Waals surface area (Å²) in [6, 6.07) is 7.49. The van der Waals surface area contributed by atoms with Crippen LogP contribution >= 0.6 is 0 Å². The lowest BCUT2D eigenvalue weighted by atomic mass is 10.2. The summed E-state index contributed by atoms with van der Waals surface area (Å²) in [6.07, 6.45) is 0. The third kappa shape index (κ3) is 3.72. The number of non-ortho nitro benzene ring substituents is 1. The number of carbonyl (C=O) groups is 1. The Morgan fingerprint density at radius 3 is 2.81 bits per heavy atom. The molecular weight excluding hydrogens is 276 g/mol. The number of carboxylic acid groups (broad SMARTS) is 1. The lowest BCUT2D eigenvalue weighted by Gasteiger charge is -2.06. The van der Waals surface area contributed by atoms with E-state index in [0.717, 1.165) is 0 Å². The smallest absolute Gasteiger partial charge is 0.354 e. The zero-order chi connectivity index (χ0) is 15.4. The molecule has 0 spiro atoms. The normalized spacial score (nSPS) is 10.1. The van der Waals surface area contributed by atoms with Crippen LogP contribution in [0.3, 0.4) is 0 Å². The number of benzene rings is 1. The number of nitro groups is 1. The van der Waals surface area contributed by atoms with E-state index in [1.807, 2.05) is 0 Å². The highest BCUT2D eigenvalue weighted by molar-refractivity contribution is 5.85. The Morgan fingerprint density at radius 2 is 2.14 bits per heavy atom. The van der Waals surface area contributed by atoms with Gasteiger partial charge in [0.15, 0.2) is 5.69 Å². The molecule has 2 aromatic rings. The van der Waals surface area contributed by atoms with Gasteiger partial charge in [0, 0.05) is 24.4 Å². The van der Waals surface area contributed by atoms with Crippen LogP contribution in [0.5, 0.6) is 0 Å². The number of anilines is 1. The first kappa shape index (κ1) is 14.4. The number of aryl methyl sites for hydroxylation is 1. The summed E-state index contributed by atoms with van der Waals surface area (Å²) in [5, 5.41) is 22.5. The quantitative estimate of drug-likeness (QED) is 0.638. The molecule has 0 saturated carbocycles. The van der Waals surface area contributed by atoms with Crippen LogP contribution in [0.4, 0.5) is 11.6 Å². The van der Waals surface area contributed by atoms with Gasteiger partial charge in [0.05, 0.1) is 4.92 Å². The first-order chi connectivity index (χ1) is 9.95. The SMILES string of the molecule is Cc1cc(C(=O)O)nc(NCc2cccc([N+](=O)[O-])c2)n1. The molecular formula is C13H12N4O4. The van der Waals surface area contributed by atoms with E-state index in [9.17, 15) is 14.9 Å². The van der Waals surface area contributed by atoms with Crippen molar-refractivity contribution in [3.8, 4) is 0 Å². The predicted octanol–water partition coefficient (Wildman–Crippen LogP) is 2.00. The number of nitro benzene ring substituents is 1. The van der Waals surface area contributed by atoms with Crippen molar-refractivity contribution in [3.63, 3.8) is 0 Å². The summed E-state index contributed by atoms with van der Waals surface area (Å²) in [7, 11) is 0. The van der Waals surface area contributed by atoms with E-state index in [4.69, 9.17) is 5.11 Å². The molecule has 0 bridgehead atoms. The number of nitrogens with one attached hydrogen (secondary N) is 1. The summed E-state index contributed by atoms with van der Waals surface area (Å²) in [6.45, 7) is 1.91. The molecule has 108 valence electrons. The number of hydrogen-bond donors (Lipinski definition) is 2. The zero-order valence-corrected chi connectivity index (χ0v) is 11.1. The van der Waals surface area contributed by atoms with E-state index in [2.05, 4.69) is 15.3 Å². The number of aromatic carboxylic acids is 1. The minimum absolute atomic E-state index is 0.00862. The molecule has 21 heavy (non-hydrogen) atoms. The second-order valence-electron chi connectivity index (χ2n) is 4.30. The number of aromatic nitrogens is 2. The van der Waals surface area contributed by atoms with Gasteiger partial charge in [0.2, 0.25) is 5.95 Å². The van der Waals surface area contributed by atoms with Crippen molar-refractivity contribution in [2.45, 2.75) is 13.5 Å². The van der Waals surface area contributed by atoms with Gasteiger partial charge < -0.3 is 10.4 Å². The molecule has 0 aliphatic rings. The van der Waals surface area contributed by atoms with Crippen LogP contribution in [0.25, 0.3) is 0 Å². The fourth-order valence-electron chi connectivity index (χ4n) is 1.72. The molecule has 0 radical (unpaired) electrons. The fraction of sp³-hybridized carbons (Fsp3) is 0.154. The number of carboxylic acids is 1. The van der Waals surface area contributed by atoms with Gasteiger partial charge in [-0.1, -0.05) is 12.1 Å². The van der Waals surface area contributed by atoms with Gasteiger partial charge in [-0.25, -0.2) is 14.8 Å². The molecule has 0 fully saturated rings. The predicted molar refractivity (Wildman–Crippen MR) is 74.2 cm³/mol. The van der Waals surface area contributed by atoms with Crippen molar-refractivity contribution in [3.05, 3.63) is 57.4 Å². The molecule has 1 aromatic heterocycles. The molecule has 8 heteroatoms. The summed E-state index contributed by atoms with van der Waals surface area (Å²) in [5.74, 6) is -0.974. The molecule has 0 atom stereocenters. The summed E-state index contributed by atoms with van der Waals surface area (Å²) < 4.78 is 0. The number of rotatable bonds is 5. The molecule has 2 N–H and O–H groups in total. The maximum Gasteiger partial charge on any atom is 0.354 e. The number of hydrogen-bond acceptors (Lipinski definition) is 6. The molecule has 1 aromatic carbocycles. The van der Waals surface area contributed by atoms with Crippen LogP contribution in [0.1, 0.15) is 21.7 Å². The van der Waals surface area contributed by atoms with Gasteiger partial charge >= 0.3 is 5.97 Å². The standard InChI is InChI=1S/C13H12N4O4/c1-8-5-11(12(18)19)16-13(15-8)14-7-9-3-2-4-10(6-9)17(20)21/h2-6H,7H2,1H3,(H,18,19)(H,14,15,16). The summed E-state index contributed by atoms with van der Waals surface area (Å²) in [5.41, 5.74) is 1.07. The van der Waals surface area contributed by atoms with Crippen molar-refractivity contribution in [2.75, 3.05) is 5.32 Å². The summed E-state index contributed by atoms with van der Waals surface area (Å²) >= 11 is 0.